The number of carbonyl (C=O) groups is 1. The zero-order valence-electron chi connectivity index (χ0n) is 17.9. The van der Waals surface area contributed by atoms with Gasteiger partial charge < -0.3 is 14.8 Å². The van der Waals surface area contributed by atoms with E-state index in [0.717, 1.165) is 40.9 Å². The van der Waals surface area contributed by atoms with Gasteiger partial charge >= 0.3 is 0 Å². The topological polar surface area (TPSA) is 50.2 Å². The van der Waals surface area contributed by atoms with Crippen LogP contribution in [0.2, 0.25) is 5.02 Å². The lowest BCUT2D eigenvalue weighted by Gasteiger charge is -2.30. The van der Waals surface area contributed by atoms with Crippen LogP contribution in [-0.2, 0) is 17.9 Å². The van der Waals surface area contributed by atoms with Crippen LogP contribution in [-0.4, -0.2) is 26.9 Å². The van der Waals surface area contributed by atoms with Crippen molar-refractivity contribution in [1.29, 1.82) is 0 Å². The first-order valence-electron chi connectivity index (χ1n) is 11.2. The van der Waals surface area contributed by atoms with Crippen LogP contribution >= 0.6 is 11.6 Å². The molecule has 0 bridgehead atoms. The minimum atomic E-state index is -0.284. The fourth-order valence-electron chi connectivity index (χ4n) is 4.42. The number of nitrogens with zero attached hydrogens (tertiary/aromatic N) is 3. The van der Waals surface area contributed by atoms with Crippen LogP contribution in [0.4, 0.5) is 15.9 Å². The van der Waals surface area contributed by atoms with E-state index in [1.807, 2.05) is 29.2 Å². The minimum absolute atomic E-state index is 0.210. The fraction of sp³-hybridized carbons (Fsp3) is 0.360. The molecule has 1 saturated carbocycles. The van der Waals surface area contributed by atoms with Crippen LogP contribution in [0.1, 0.15) is 37.9 Å². The van der Waals surface area contributed by atoms with Crippen molar-refractivity contribution in [1.82, 2.24) is 14.5 Å². The Morgan fingerprint density at radius 1 is 1.09 bits per heavy atom. The van der Waals surface area contributed by atoms with E-state index in [2.05, 4.69) is 9.88 Å². The van der Waals surface area contributed by atoms with E-state index in [1.165, 1.54) is 31.4 Å². The summed E-state index contributed by atoms with van der Waals surface area (Å²) in [6.07, 6.45) is 5.44. The number of hydrogen-bond donors (Lipinski definition) is 1. The van der Waals surface area contributed by atoms with Crippen LogP contribution in [0.25, 0.3) is 11.3 Å². The van der Waals surface area contributed by atoms with E-state index in [-0.39, 0.29) is 11.7 Å². The Balaban J connectivity index is 1.42. The number of benzene rings is 2. The molecule has 1 amide bonds. The summed E-state index contributed by atoms with van der Waals surface area (Å²) in [6, 6.07) is 13.8. The van der Waals surface area contributed by atoms with Crippen molar-refractivity contribution in [3.63, 3.8) is 0 Å². The Morgan fingerprint density at radius 3 is 2.53 bits per heavy atom. The third-order valence-electron chi connectivity index (χ3n) is 6.54. The van der Waals surface area contributed by atoms with E-state index in [0.29, 0.717) is 31.1 Å². The highest BCUT2D eigenvalue weighted by Crippen LogP contribution is 2.34. The Kier molecular flexibility index (Phi) is 5.87. The highest BCUT2D eigenvalue weighted by molar-refractivity contribution is 6.30. The summed E-state index contributed by atoms with van der Waals surface area (Å²) in [5.74, 6) is 2.33. The molecule has 1 aliphatic heterocycles. The summed E-state index contributed by atoms with van der Waals surface area (Å²) >= 11 is 6.04. The molecule has 0 atom stereocenters. The van der Waals surface area contributed by atoms with Crippen molar-refractivity contribution in [2.24, 2.45) is 5.92 Å². The van der Waals surface area contributed by atoms with Crippen molar-refractivity contribution in [2.75, 3.05) is 11.9 Å². The second-order valence-electron chi connectivity index (χ2n) is 8.67. The van der Waals surface area contributed by atoms with Crippen LogP contribution in [0.5, 0.6) is 0 Å². The molecule has 1 aliphatic carbocycles. The van der Waals surface area contributed by atoms with Crippen molar-refractivity contribution in [3.05, 3.63) is 65.2 Å². The molecule has 166 valence electrons. The van der Waals surface area contributed by atoms with E-state index in [4.69, 9.17) is 16.6 Å². The zero-order chi connectivity index (χ0) is 22.1. The molecule has 2 aliphatic rings. The molecule has 1 fully saturated rings. The Hall–Kier alpha value is -2.86. The fourth-order valence-corrected chi connectivity index (χ4v) is 4.54. The first kappa shape index (κ1) is 21.0. The molecule has 3 aromatic rings. The average molecular weight is 453 g/mol. The van der Waals surface area contributed by atoms with E-state index in [1.54, 1.807) is 12.1 Å². The summed E-state index contributed by atoms with van der Waals surface area (Å²) in [6.45, 7) is 1.81. The molecule has 7 heteroatoms. The van der Waals surface area contributed by atoms with Crippen molar-refractivity contribution < 1.29 is 9.18 Å². The number of imidazole rings is 1. The molecule has 2 heterocycles. The van der Waals surface area contributed by atoms with Gasteiger partial charge in [-0.15, -0.1) is 0 Å². The Morgan fingerprint density at radius 2 is 1.84 bits per heavy atom. The quantitative estimate of drug-likeness (QED) is 0.498. The normalized spacial score (nSPS) is 15.9. The smallest absolute Gasteiger partial charge is 0.223 e. The zero-order valence-corrected chi connectivity index (χ0v) is 18.6. The van der Waals surface area contributed by atoms with Gasteiger partial charge in [0.1, 0.15) is 23.2 Å². The van der Waals surface area contributed by atoms with Gasteiger partial charge in [-0.2, -0.15) is 0 Å². The van der Waals surface area contributed by atoms with Gasteiger partial charge in [-0.05, 0) is 60.9 Å². The first-order valence-corrected chi connectivity index (χ1v) is 11.6. The third-order valence-corrected chi connectivity index (χ3v) is 6.79. The van der Waals surface area contributed by atoms with Gasteiger partial charge in [-0.1, -0.05) is 30.9 Å². The summed E-state index contributed by atoms with van der Waals surface area (Å²) in [7, 11) is 0. The van der Waals surface area contributed by atoms with Crippen LogP contribution < -0.4 is 5.32 Å². The van der Waals surface area contributed by atoms with Gasteiger partial charge in [0.25, 0.3) is 0 Å². The van der Waals surface area contributed by atoms with Crippen molar-refractivity contribution >= 4 is 29.0 Å². The van der Waals surface area contributed by atoms with Crippen molar-refractivity contribution in [3.8, 4) is 11.3 Å². The molecule has 0 radical (unpaired) electrons. The summed E-state index contributed by atoms with van der Waals surface area (Å²) < 4.78 is 15.6. The molecular formula is C25H26ClFN4O. The second-order valence-corrected chi connectivity index (χ2v) is 9.10. The third kappa shape index (κ3) is 4.37. The van der Waals surface area contributed by atoms with Crippen LogP contribution in [0.3, 0.4) is 0 Å². The Bertz CT molecular complexity index is 1110. The predicted molar refractivity (Wildman–Crippen MR) is 124 cm³/mol. The number of amides is 1. The minimum Gasteiger partial charge on any atom is -0.340 e. The maximum atomic E-state index is 13.5. The van der Waals surface area contributed by atoms with Gasteiger partial charge in [0.15, 0.2) is 0 Å². The van der Waals surface area contributed by atoms with Crippen LogP contribution in [0.15, 0.2) is 48.5 Å². The molecule has 2 aromatic carbocycles. The SMILES string of the molecule is O=C(CCC1CCC1)N1CCn2c(nc(-c3ccc(F)cc3)c2Nc2ccc(Cl)cc2)C1. The monoisotopic (exact) mass is 452 g/mol. The predicted octanol–water partition coefficient (Wildman–Crippen LogP) is 6.01. The average Bonchev–Trinajstić information content (AvgIpc) is 3.12. The second kappa shape index (κ2) is 8.94. The molecule has 32 heavy (non-hydrogen) atoms. The van der Waals surface area contributed by atoms with Gasteiger partial charge in [-0.25, -0.2) is 9.37 Å². The number of anilines is 2. The number of halogens is 2. The summed E-state index contributed by atoms with van der Waals surface area (Å²) in [4.78, 5) is 19.6. The molecule has 5 nitrogen and oxygen atoms in total. The number of aromatic nitrogens is 2. The number of nitrogens with one attached hydrogen (secondary N) is 1. The van der Waals surface area contributed by atoms with Gasteiger partial charge in [0.05, 0.1) is 6.54 Å². The maximum Gasteiger partial charge on any atom is 0.223 e. The molecule has 0 spiro atoms. The molecule has 0 unspecified atom stereocenters. The molecule has 1 N–H and O–H groups in total. The van der Waals surface area contributed by atoms with E-state index < -0.39 is 0 Å². The largest absolute Gasteiger partial charge is 0.340 e. The number of hydrogen-bond acceptors (Lipinski definition) is 3. The standard InChI is InChI=1S/C25H26ClFN4O/c26-19-7-11-21(12-8-19)28-25-24(18-5-9-20(27)10-6-18)29-22-16-30(14-15-31(22)25)23(32)13-4-17-2-1-3-17/h5-12,17,28H,1-4,13-16H2. The highest BCUT2D eigenvalue weighted by atomic mass is 35.5. The summed E-state index contributed by atoms with van der Waals surface area (Å²) in [5, 5.41) is 4.13. The summed E-state index contributed by atoms with van der Waals surface area (Å²) in [5.41, 5.74) is 2.46. The molecular weight excluding hydrogens is 427 g/mol. The number of fused-ring (bicyclic) bond motifs is 1. The number of rotatable bonds is 6. The van der Waals surface area contributed by atoms with Crippen LogP contribution in [0, 0.1) is 11.7 Å². The molecule has 5 rings (SSSR count). The van der Waals surface area contributed by atoms with Gasteiger partial charge in [0, 0.05) is 35.8 Å². The van der Waals surface area contributed by atoms with E-state index in [9.17, 15) is 9.18 Å². The van der Waals surface area contributed by atoms with Gasteiger partial charge in [-0.3, -0.25) is 4.79 Å². The maximum absolute atomic E-state index is 13.5. The Labute approximate surface area is 192 Å². The number of carbonyl (C=O) groups excluding carboxylic acids is 1. The lowest BCUT2D eigenvalue weighted by Crippen LogP contribution is -2.38. The lowest BCUT2D eigenvalue weighted by atomic mass is 9.82. The highest BCUT2D eigenvalue weighted by Gasteiger charge is 2.28. The lowest BCUT2D eigenvalue weighted by molar-refractivity contribution is -0.133. The van der Waals surface area contributed by atoms with E-state index >= 15 is 0 Å². The molecule has 1 aromatic heterocycles. The first-order chi connectivity index (χ1) is 15.6. The molecule has 0 saturated heterocycles. The van der Waals surface area contributed by atoms with Gasteiger partial charge in [0.2, 0.25) is 5.91 Å². The van der Waals surface area contributed by atoms with Crippen molar-refractivity contribution in [2.45, 2.75) is 45.2 Å².